The first-order valence-electron chi connectivity index (χ1n) is 2.88. The summed E-state index contributed by atoms with van der Waals surface area (Å²) in [4.78, 5) is 10.3. The molecule has 1 aromatic carbocycles. The molecule has 0 saturated carbocycles. The number of carbonyl (C=O) groups is 1. The molecule has 0 spiro atoms. The maximum atomic E-state index is 12.9. The maximum absolute atomic E-state index is 12.9. The molecule has 5 heteroatoms. The van der Waals surface area contributed by atoms with Crippen molar-refractivity contribution in [1.82, 2.24) is 0 Å². The minimum Gasteiger partial charge on any atom is -0.545 e. The fourth-order valence-corrected chi connectivity index (χ4v) is 1.93. The van der Waals surface area contributed by atoms with Crippen LogP contribution in [0.5, 0.6) is 0 Å². The highest BCUT2D eigenvalue weighted by molar-refractivity contribution is 9.11. The molecule has 0 amide bonds. The van der Waals surface area contributed by atoms with Crippen LogP contribution in [0.1, 0.15) is 10.4 Å². The summed E-state index contributed by atoms with van der Waals surface area (Å²) in [7, 11) is 0. The molecule has 64 valence electrons. The van der Waals surface area contributed by atoms with E-state index in [1.54, 1.807) is 0 Å². The van der Waals surface area contributed by atoms with Crippen LogP contribution in [-0.4, -0.2) is 5.97 Å². The first kappa shape index (κ1) is 9.67. The zero-order valence-corrected chi connectivity index (χ0v) is 8.78. The van der Waals surface area contributed by atoms with Gasteiger partial charge in [-0.2, -0.15) is 0 Å². The Kier molecular flexibility index (Phi) is 2.85. The highest BCUT2D eigenvalue weighted by Gasteiger charge is 2.08. The second-order valence-electron chi connectivity index (χ2n) is 2.04. The van der Waals surface area contributed by atoms with Gasteiger partial charge < -0.3 is 9.90 Å². The van der Waals surface area contributed by atoms with Crippen molar-refractivity contribution in [2.75, 3.05) is 0 Å². The average Bonchev–Trinajstić information content (AvgIpc) is 1.96. The molecular formula is C7H2Br2FO2-. The van der Waals surface area contributed by atoms with E-state index in [4.69, 9.17) is 0 Å². The quantitative estimate of drug-likeness (QED) is 0.740. The lowest BCUT2D eigenvalue weighted by atomic mass is 10.2. The molecule has 1 aromatic rings. The summed E-state index contributed by atoms with van der Waals surface area (Å²) in [6, 6.07) is 2.57. The first-order chi connectivity index (χ1) is 5.52. The van der Waals surface area contributed by atoms with Crippen molar-refractivity contribution in [3.8, 4) is 0 Å². The maximum Gasteiger partial charge on any atom is 0.146 e. The molecule has 0 aromatic heterocycles. The third kappa shape index (κ3) is 1.84. The van der Waals surface area contributed by atoms with Crippen molar-refractivity contribution < 1.29 is 14.3 Å². The predicted molar refractivity (Wildman–Crippen MR) is 46.1 cm³/mol. The Hall–Kier alpha value is -0.420. The molecule has 0 heterocycles. The number of benzene rings is 1. The summed E-state index contributed by atoms with van der Waals surface area (Å²) in [5.41, 5.74) is -0.462. The van der Waals surface area contributed by atoms with Crippen molar-refractivity contribution in [3.05, 3.63) is 32.5 Å². The molecule has 2 nitrogen and oxygen atoms in total. The SMILES string of the molecule is O=C([O-])c1cc(Br)cc(Br)c1F. The first-order valence-corrected chi connectivity index (χ1v) is 4.47. The lowest BCUT2D eigenvalue weighted by Crippen LogP contribution is -2.23. The van der Waals surface area contributed by atoms with E-state index >= 15 is 0 Å². The van der Waals surface area contributed by atoms with Gasteiger partial charge in [0.2, 0.25) is 0 Å². The number of halogens is 3. The van der Waals surface area contributed by atoms with Gasteiger partial charge in [-0.3, -0.25) is 0 Å². The monoisotopic (exact) mass is 295 g/mol. The fraction of sp³-hybridized carbons (Fsp3) is 0. The molecule has 0 aliphatic carbocycles. The van der Waals surface area contributed by atoms with E-state index in [-0.39, 0.29) is 4.47 Å². The number of hydrogen-bond acceptors (Lipinski definition) is 2. The van der Waals surface area contributed by atoms with Crippen LogP contribution in [-0.2, 0) is 0 Å². The highest BCUT2D eigenvalue weighted by Crippen LogP contribution is 2.24. The second kappa shape index (κ2) is 3.53. The summed E-state index contributed by atoms with van der Waals surface area (Å²) in [6.45, 7) is 0. The standard InChI is InChI=1S/C7H3Br2FO2/c8-3-1-4(7(11)12)6(10)5(9)2-3/h1-2H,(H,11,12)/p-1. The third-order valence-electron chi connectivity index (χ3n) is 1.21. The van der Waals surface area contributed by atoms with E-state index in [1.165, 1.54) is 6.07 Å². The topological polar surface area (TPSA) is 40.1 Å². The Morgan fingerprint density at radius 3 is 2.50 bits per heavy atom. The Bertz CT molecular complexity index is 338. The summed E-state index contributed by atoms with van der Waals surface area (Å²) in [5, 5.41) is 10.3. The third-order valence-corrected chi connectivity index (χ3v) is 2.25. The van der Waals surface area contributed by atoms with Crippen molar-refractivity contribution in [3.63, 3.8) is 0 Å². The lowest BCUT2D eigenvalue weighted by molar-refractivity contribution is -0.255. The summed E-state index contributed by atoms with van der Waals surface area (Å²) >= 11 is 5.90. The lowest BCUT2D eigenvalue weighted by Gasteiger charge is -2.05. The molecular weight excluding hydrogens is 295 g/mol. The molecule has 0 atom stereocenters. The van der Waals surface area contributed by atoms with Crippen molar-refractivity contribution in [2.24, 2.45) is 0 Å². The summed E-state index contributed by atoms with van der Waals surface area (Å²) < 4.78 is 13.5. The van der Waals surface area contributed by atoms with E-state index < -0.39 is 17.3 Å². The normalized spacial score (nSPS) is 9.92. The average molecular weight is 297 g/mol. The van der Waals surface area contributed by atoms with Crippen LogP contribution < -0.4 is 5.11 Å². The molecule has 1 rings (SSSR count). The molecule has 12 heavy (non-hydrogen) atoms. The number of hydrogen-bond donors (Lipinski definition) is 0. The number of carbonyl (C=O) groups excluding carboxylic acids is 1. The fourth-order valence-electron chi connectivity index (χ4n) is 0.705. The van der Waals surface area contributed by atoms with Gasteiger partial charge in [0.25, 0.3) is 0 Å². The van der Waals surface area contributed by atoms with Crippen LogP contribution in [0.2, 0.25) is 0 Å². The van der Waals surface area contributed by atoms with E-state index in [2.05, 4.69) is 31.9 Å². The van der Waals surface area contributed by atoms with Crippen molar-refractivity contribution in [1.29, 1.82) is 0 Å². The van der Waals surface area contributed by atoms with E-state index in [9.17, 15) is 14.3 Å². The number of rotatable bonds is 1. The highest BCUT2D eigenvalue weighted by atomic mass is 79.9. The van der Waals surface area contributed by atoms with Crippen LogP contribution >= 0.6 is 31.9 Å². The van der Waals surface area contributed by atoms with Gasteiger partial charge in [-0.15, -0.1) is 0 Å². The molecule has 0 saturated heterocycles. The van der Waals surface area contributed by atoms with Gasteiger partial charge in [-0.05, 0) is 28.1 Å². The van der Waals surface area contributed by atoms with Gasteiger partial charge in [-0.1, -0.05) is 15.9 Å². The number of carboxylic acid groups (broad SMARTS) is 1. The van der Waals surface area contributed by atoms with Gasteiger partial charge in [0, 0.05) is 10.0 Å². The Morgan fingerprint density at radius 2 is 2.00 bits per heavy atom. The molecule has 0 bridgehead atoms. The smallest absolute Gasteiger partial charge is 0.146 e. The van der Waals surface area contributed by atoms with Crippen LogP contribution in [0.15, 0.2) is 21.1 Å². The zero-order valence-electron chi connectivity index (χ0n) is 5.61. The van der Waals surface area contributed by atoms with Crippen molar-refractivity contribution >= 4 is 37.8 Å². The number of carboxylic acids is 1. The second-order valence-corrected chi connectivity index (χ2v) is 3.81. The van der Waals surface area contributed by atoms with Crippen LogP contribution in [0.25, 0.3) is 0 Å². The minimum absolute atomic E-state index is 0.0936. The Morgan fingerprint density at radius 1 is 1.42 bits per heavy atom. The van der Waals surface area contributed by atoms with Crippen LogP contribution in [0.4, 0.5) is 4.39 Å². The molecule has 0 aliphatic heterocycles. The van der Waals surface area contributed by atoms with Gasteiger partial charge >= 0.3 is 0 Å². The summed E-state index contributed by atoms with van der Waals surface area (Å²) in [6.07, 6.45) is 0. The van der Waals surface area contributed by atoms with Crippen molar-refractivity contribution in [2.45, 2.75) is 0 Å². The Labute approximate surface area is 84.7 Å². The van der Waals surface area contributed by atoms with E-state index in [0.717, 1.165) is 6.07 Å². The predicted octanol–water partition coefficient (Wildman–Crippen LogP) is 1.71. The van der Waals surface area contributed by atoms with E-state index in [1.807, 2.05) is 0 Å². The van der Waals surface area contributed by atoms with Gasteiger partial charge in [-0.25, -0.2) is 4.39 Å². The molecule has 0 radical (unpaired) electrons. The Balaban J connectivity index is 3.37. The molecule has 0 aliphatic rings. The molecule has 0 N–H and O–H groups in total. The zero-order chi connectivity index (χ0) is 9.30. The van der Waals surface area contributed by atoms with Gasteiger partial charge in [0.1, 0.15) is 5.82 Å². The molecule has 0 fully saturated rings. The molecule has 0 unspecified atom stereocenters. The van der Waals surface area contributed by atoms with Crippen LogP contribution in [0.3, 0.4) is 0 Å². The number of aromatic carboxylic acids is 1. The van der Waals surface area contributed by atoms with E-state index in [0.29, 0.717) is 4.47 Å². The van der Waals surface area contributed by atoms with Gasteiger partial charge in [0.15, 0.2) is 0 Å². The summed E-state index contributed by atoms with van der Waals surface area (Å²) in [5.74, 6) is -2.35. The van der Waals surface area contributed by atoms with Crippen LogP contribution in [0, 0.1) is 5.82 Å². The minimum atomic E-state index is -1.53. The largest absolute Gasteiger partial charge is 0.545 e. The van der Waals surface area contributed by atoms with Gasteiger partial charge in [0.05, 0.1) is 10.4 Å².